The number of benzene rings is 1. The molecule has 10 nitrogen and oxygen atoms in total. The Bertz CT molecular complexity index is 1830. The summed E-state index contributed by atoms with van der Waals surface area (Å²) in [5.74, 6) is 0.775. The predicted molar refractivity (Wildman–Crippen MR) is 157 cm³/mol. The lowest BCUT2D eigenvalue weighted by Gasteiger charge is -2.17. The molecule has 4 aromatic heterocycles. The fourth-order valence-corrected chi connectivity index (χ4v) is 5.02. The Balaban J connectivity index is 1.32. The molecule has 6 rings (SSSR count). The number of pyridine rings is 1. The number of nitrogens with zero attached hydrogens (tertiary/aromatic N) is 6. The zero-order chi connectivity index (χ0) is 28.9. The first-order valence-corrected chi connectivity index (χ1v) is 13.6. The molecule has 0 bridgehead atoms. The molecule has 0 saturated heterocycles. The third-order valence-electron chi connectivity index (χ3n) is 7.16. The van der Waals surface area contributed by atoms with Crippen LogP contribution in [0.2, 0.25) is 0 Å². The predicted octanol–water partition coefficient (Wildman–Crippen LogP) is 6.11. The lowest BCUT2D eigenvalue weighted by molar-refractivity contribution is 0.0930. The summed E-state index contributed by atoms with van der Waals surface area (Å²) in [6.07, 6.45) is 11.5. The maximum absolute atomic E-state index is 13.0. The first-order chi connectivity index (χ1) is 19.6. The van der Waals surface area contributed by atoms with Crippen LogP contribution in [0.1, 0.15) is 80.0 Å². The van der Waals surface area contributed by atoms with Crippen molar-refractivity contribution in [2.45, 2.75) is 59.0 Å². The number of nitrogens with one attached hydrogen (secondary N) is 2. The van der Waals surface area contributed by atoms with Crippen molar-refractivity contribution in [3.8, 4) is 22.5 Å². The van der Waals surface area contributed by atoms with E-state index in [1.165, 1.54) is 0 Å². The van der Waals surface area contributed by atoms with Crippen LogP contribution >= 0.6 is 0 Å². The monoisotopic (exact) mass is 548 g/mol. The molecule has 2 N–H and O–H groups in total. The topological polar surface area (TPSA) is 127 Å². The zero-order valence-corrected chi connectivity index (χ0v) is 23.9. The number of carbonyl (C=O) groups is 1. The van der Waals surface area contributed by atoms with Crippen LogP contribution in [-0.4, -0.2) is 40.8 Å². The third-order valence-corrected chi connectivity index (χ3v) is 7.16. The van der Waals surface area contributed by atoms with E-state index in [0.717, 1.165) is 44.9 Å². The molecule has 208 valence electrons. The average molecular weight is 549 g/mol. The summed E-state index contributed by atoms with van der Waals surface area (Å²) in [6.45, 7) is 12.1. The van der Waals surface area contributed by atoms with Gasteiger partial charge in [-0.25, -0.2) is 9.97 Å². The smallest absolute Gasteiger partial charge is 0.293 e. The van der Waals surface area contributed by atoms with Gasteiger partial charge in [0.15, 0.2) is 5.65 Å². The largest absolute Gasteiger partial charge is 0.339 e. The summed E-state index contributed by atoms with van der Waals surface area (Å²) in [5.41, 5.74) is 7.08. The van der Waals surface area contributed by atoms with E-state index in [4.69, 9.17) is 9.51 Å². The van der Waals surface area contributed by atoms with Gasteiger partial charge in [-0.15, -0.1) is 0 Å². The van der Waals surface area contributed by atoms with Crippen LogP contribution in [-0.2, 0) is 5.41 Å². The highest BCUT2D eigenvalue weighted by atomic mass is 16.5. The summed E-state index contributed by atoms with van der Waals surface area (Å²) in [6, 6.07) is 8.07. The number of rotatable bonds is 5. The Labute approximate surface area is 237 Å². The van der Waals surface area contributed by atoms with Gasteiger partial charge in [-0.1, -0.05) is 62.4 Å². The quantitative estimate of drug-likeness (QED) is 0.271. The van der Waals surface area contributed by atoms with Gasteiger partial charge in [-0.05, 0) is 49.6 Å². The molecule has 0 saturated carbocycles. The molecule has 4 heterocycles. The summed E-state index contributed by atoms with van der Waals surface area (Å²) < 4.78 is 7.30. The van der Waals surface area contributed by atoms with Gasteiger partial charge in [0.2, 0.25) is 5.89 Å². The maximum atomic E-state index is 13.0. The van der Waals surface area contributed by atoms with Gasteiger partial charge < -0.3 is 14.8 Å². The Morgan fingerprint density at radius 1 is 1.12 bits per heavy atom. The number of aromatic amines is 1. The minimum Gasteiger partial charge on any atom is -0.339 e. The minimum atomic E-state index is -0.396. The SMILES string of the molecule is Cc1c(-c2nc3nccc(-c4ccc5c(c4)C=CC=C[C@@H]5NC(=O)c4noc(C(C)(C)C)n4)c3[nH]2)cnn1C(C)C. The number of fused-ring (bicyclic) bond motifs is 2. The van der Waals surface area contributed by atoms with E-state index >= 15 is 0 Å². The van der Waals surface area contributed by atoms with Crippen molar-refractivity contribution in [1.29, 1.82) is 0 Å². The van der Waals surface area contributed by atoms with Gasteiger partial charge >= 0.3 is 0 Å². The van der Waals surface area contributed by atoms with Gasteiger partial charge in [-0.2, -0.15) is 10.1 Å². The fraction of sp³-hybridized carbons (Fsp3) is 0.290. The van der Waals surface area contributed by atoms with Crippen molar-refractivity contribution in [3.63, 3.8) is 0 Å². The molecule has 1 atom stereocenters. The lowest BCUT2D eigenvalue weighted by atomic mass is 9.95. The number of amides is 1. The van der Waals surface area contributed by atoms with E-state index in [1.54, 1.807) is 6.20 Å². The highest BCUT2D eigenvalue weighted by Crippen LogP contribution is 2.33. The number of hydrogen-bond acceptors (Lipinski definition) is 7. The van der Waals surface area contributed by atoms with Gasteiger partial charge in [-0.3, -0.25) is 9.48 Å². The molecule has 0 aliphatic heterocycles. The molecule has 0 unspecified atom stereocenters. The highest BCUT2D eigenvalue weighted by molar-refractivity contribution is 5.93. The van der Waals surface area contributed by atoms with Crippen molar-refractivity contribution in [1.82, 2.24) is 40.2 Å². The highest BCUT2D eigenvalue weighted by Gasteiger charge is 2.26. The van der Waals surface area contributed by atoms with Crippen LogP contribution in [0.4, 0.5) is 0 Å². The number of aromatic nitrogens is 7. The second-order valence-electron chi connectivity index (χ2n) is 11.5. The normalized spacial score (nSPS) is 15.0. The molecule has 5 aromatic rings. The number of hydrogen-bond donors (Lipinski definition) is 2. The second-order valence-corrected chi connectivity index (χ2v) is 11.5. The Morgan fingerprint density at radius 3 is 2.68 bits per heavy atom. The van der Waals surface area contributed by atoms with Gasteiger partial charge in [0.25, 0.3) is 11.7 Å². The van der Waals surface area contributed by atoms with E-state index in [1.807, 2.05) is 81.1 Å². The summed E-state index contributed by atoms with van der Waals surface area (Å²) in [7, 11) is 0. The van der Waals surface area contributed by atoms with Crippen LogP contribution in [0.15, 0.2) is 59.4 Å². The van der Waals surface area contributed by atoms with Crippen molar-refractivity contribution in [2.75, 3.05) is 0 Å². The van der Waals surface area contributed by atoms with Crippen molar-refractivity contribution >= 4 is 23.1 Å². The standard InChI is InChI=1S/C31H32N8O2/c1-17(2)39-18(3)23(16-33-39)26-35-25-22(13-14-32-27(25)36-26)20-11-12-21-19(15-20)9-7-8-10-24(21)34-29(40)28-37-30(41-38-28)31(4,5)6/h7-17,24H,1-6H3,(H,34,40)(H,32,35,36)/t24-/m0/s1. The van der Waals surface area contributed by atoms with E-state index in [9.17, 15) is 4.79 Å². The first-order valence-electron chi connectivity index (χ1n) is 13.6. The maximum Gasteiger partial charge on any atom is 0.293 e. The Morgan fingerprint density at radius 2 is 1.95 bits per heavy atom. The first kappa shape index (κ1) is 26.4. The summed E-state index contributed by atoms with van der Waals surface area (Å²) in [4.78, 5) is 30.1. The molecular weight excluding hydrogens is 516 g/mol. The molecule has 1 amide bonds. The number of carbonyl (C=O) groups excluding carboxylic acids is 1. The van der Waals surface area contributed by atoms with Gasteiger partial charge in [0.1, 0.15) is 5.82 Å². The molecule has 0 fully saturated rings. The Hall–Kier alpha value is -4.86. The van der Waals surface area contributed by atoms with E-state index in [0.29, 0.717) is 11.5 Å². The molecular formula is C31H32N8O2. The van der Waals surface area contributed by atoms with E-state index in [2.05, 4.69) is 50.4 Å². The van der Waals surface area contributed by atoms with E-state index < -0.39 is 5.91 Å². The molecule has 10 heteroatoms. The van der Waals surface area contributed by atoms with Crippen LogP contribution in [0.25, 0.3) is 39.8 Å². The average Bonchev–Trinajstić information content (AvgIpc) is 3.65. The van der Waals surface area contributed by atoms with Gasteiger partial charge in [0.05, 0.1) is 23.3 Å². The van der Waals surface area contributed by atoms with E-state index in [-0.39, 0.29) is 23.3 Å². The molecule has 1 aromatic carbocycles. The van der Waals surface area contributed by atoms with Crippen LogP contribution in [0, 0.1) is 6.92 Å². The molecule has 0 spiro atoms. The lowest BCUT2D eigenvalue weighted by Crippen LogP contribution is -2.28. The van der Waals surface area contributed by atoms with Crippen molar-refractivity contribution in [2.24, 2.45) is 0 Å². The molecule has 41 heavy (non-hydrogen) atoms. The van der Waals surface area contributed by atoms with Crippen LogP contribution in [0.3, 0.4) is 0 Å². The number of allylic oxidation sites excluding steroid dienone is 2. The van der Waals surface area contributed by atoms with Crippen LogP contribution < -0.4 is 5.32 Å². The molecule has 1 aliphatic rings. The number of imidazole rings is 1. The summed E-state index contributed by atoms with van der Waals surface area (Å²) >= 11 is 0. The molecule has 1 aliphatic carbocycles. The minimum absolute atomic E-state index is 0.0158. The van der Waals surface area contributed by atoms with Gasteiger partial charge in [0, 0.05) is 28.9 Å². The zero-order valence-electron chi connectivity index (χ0n) is 23.9. The second kappa shape index (κ2) is 9.96. The number of H-pyrrole nitrogens is 1. The molecule has 0 radical (unpaired) electrons. The van der Waals surface area contributed by atoms with Crippen molar-refractivity contribution < 1.29 is 9.32 Å². The van der Waals surface area contributed by atoms with Crippen molar-refractivity contribution in [3.05, 3.63) is 83.4 Å². The fourth-order valence-electron chi connectivity index (χ4n) is 5.02. The van der Waals surface area contributed by atoms with Crippen LogP contribution in [0.5, 0.6) is 0 Å². The Kier molecular flexibility index (Phi) is 6.40. The third kappa shape index (κ3) is 4.86. The summed E-state index contributed by atoms with van der Waals surface area (Å²) in [5, 5.41) is 11.5.